The van der Waals surface area contributed by atoms with Crippen molar-refractivity contribution in [1.82, 2.24) is 4.90 Å². The third-order valence-electron chi connectivity index (χ3n) is 2.50. The first-order valence-electron chi connectivity index (χ1n) is 5.49. The van der Waals surface area contributed by atoms with E-state index in [1.165, 1.54) is 7.05 Å². The zero-order valence-corrected chi connectivity index (χ0v) is 12.0. The van der Waals surface area contributed by atoms with Crippen LogP contribution in [0.2, 0.25) is 0 Å². The van der Waals surface area contributed by atoms with Crippen LogP contribution >= 0.6 is 0 Å². The standard InChI is InChI=1S/C11H12N2O7S/c1-12(6-10(14)15)11(16)7-3-8(13(17)18)5-9(4-7)21(2,19)20/h3-5H,6H2,1-2H3,(H,14,15). The van der Waals surface area contributed by atoms with Gasteiger partial charge in [-0.2, -0.15) is 0 Å². The molecule has 0 saturated carbocycles. The molecule has 0 fully saturated rings. The van der Waals surface area contributed by atoms with E-state index in [-0.39, 0.29) is 10.5 Å². The number of carboxylic acid groups (broad SMARTS) is 1. The third-order valence-corrected chi connectivity index (χ3v) is 3.59. The van der Waals surface area contributed by atoms with Gasteiger partial charge in [-0.1, -0.05) is 0 Å². The van der Waals surface area contributed by atoms with E-state index < -0.39 is 38.9 Å². The largest absolute Gasteiger partial charge is 0.480 e. The maximum atomic E-state index is 12.0. The van der Waals surface area contributed by atoms with Crippen LogP contribution in [-0.2, 0) is 14.6 Å². The normalized spacial score (nSPS) is 11.0. The quantitative estimate of drug-likeness (QED) is 0.603. The Kier molecular flexibility index (Phi) is 4.63. The second kappa shape index (κ2) is 5.87. The molecule has 0 aliphatic rings. The van der Waals surface area contributed by atoms with Gasteiger partial charge in [0.1, 0.15) is 6.54 Å². The van der Waals surface area contributed by atoms with E-state index in [1.54, 1.807) is 0 Å². The Morgan fingerprint density at radius 3 is 2.33 bits per heavy atom. The van der Waals surface area contributed by atoms with Gasteiger partial charge in [-0.3, -0.25) is 19.7 Å². The number of hydrogen-bond acceptors (Lipinski definition) is 6. The number of nitro groups is 1. The van der Waals surface area contributed by atoms with Gasteiger partial charge in [0.25, 0.3) is 11.6 Å². The zero-order valence-electron chi connectivity index (χ0n) is 11.1. The summed E-state index contributed by atoms with van der Waals surface area (Å²) in [5.41, 5.74) is -0.835. The van der Waals surface area contributed by atoms with Gasteiger partial charge in [0, 0.05) is 31.0 Å². The number of rotatable bonds is 5. The molecule has 0 unspecified atom stereocenters. The molecule has 0 saturated heterocycles. The van der Waals surface area contributed by atoms with Crippen molar-refractivity contribution < 1.29 is 28.0 Å². The predicted molar refractivity (Wildman–Crippen MR) is 70.8 cm³/mol. The molecule has 21 heavy (non-hydrogen) atoms. The number of benzene rings is 1. The summed E-state index contributed by atoms with van der Waals surface area (Å²) in [6.45, 7) is -0.615. The Bertz CT molecular complexity index is 711. The van der Waals surface area contributed by atoms with E-state index in [0.717, 1.165) is 29.4 Å². The Labute approximate surface area is 119 Å². The molecule has 0 heterocycles. The molecular formula is C11H12N2O7S. The molecule has 1 N–H and O–H groups in total. The molecule has 114 valence electrons. The monoisotopic (exact) mass is 316 g/mol. The maximum Gasteiger partial charge on any atom is 0.323 e. The van der Waals surface area contributed by atoms with E-state index in [1.807, 2.05) is 0 Å². The van der Waals surface area contributed by atoms with Gasteiger partial charge in [-0.05, 0) is 6.07 Å². The first-order valence-corrected chi connectivity index (χ1v) is 7.38. The van der Waals surface area contributed by atoms with Crippen LogP contribution in [0.1, 0.15) is 10.4 Å². The lowest BCUT2D eigenvalue weighted by Crippen LogP contribution is -2.32. The van der Waals surface area contributed by atoms with Gasteiger partial charge in [0.2, 0.25) is 0 Å². The number of amides is 1. The lowest BCUT2D eigenvalue weighted by atomic mass is 10.2. The molecule has 0 aliphatic carbocycles. The summed E-state index contributed by atoms with van der Waals surface area (Å²) < 4.78 is 23.0. The maximum absolute atomic E-state index is 12.0. The number of hydrogen-bond donors (Lipinski definition) is 1. The Balaban J connectivity index is 3.36. The Hall–Kier alpha value is -2.49. The van der Waals surface area contributed by atoms with Crippen LogP contribution < -0.4 is 0 Å². The second-order valence-corrected chi connectivity index (χ2v) is 6.32. The molecule has 0 spiro atoms. The van der Waals surface area contributed by atoms with Crippen molar-refractivity contribution in [1.29, 1.82) is 0 Å². The van der Waals surface area contributed by atoms with Crippen molar-refractivity contribution in [3.05, 3.63) is 33.9 Å². The second-order valence-electron chi connectivity index (χ2n) is 4.30. The van der Waals surface area contributed by atoms with Crippen molar-refractivity contribution in [3.63, 3.8) is 0 Å². The lowest BCUT2D eigenvalue weighted by Gasteiger charge is -2.14. The van der Waals surface area contributed by atoms with Gasteiger partial charge in [-0.25, -0.2) is 8.42 Å². The van der Waals surface area contributed by atoms with Gasteiger partial charge in [-0.15, -0.1) is 0 Å². The van der Waals surface area contributed by atoms with E-state index in [9.17, 15) is 28.1 Å². The van der Waals surface area contributed by atoms with E-state index in [4.69, 9.17) is 5.11 Å². The Morgan fingerprint density at radius 2 is 1.90 bits per heavy atom. The number of likely N-dealkylation sites (N-methyl/N-ethyl adjacent to an activating group) is 1. The molecule has 0 aromatic heterocycles. The van der Waals surface area contributed by atoms with E-state index in [2.05, 4.69) is 0 Å². The molecule has 10 heteroatoms. The van der Waals surface area contributed by atoms with Gasteiger partial charge in [0.15, 0.2) is 9.84 Å². The minimum absolute atomic E-state index is 0.270. The molecule has 0 aliphatic heterocycles. The number of carboxylic acids is 1. The van der Waals surface area contributed by atoms with Gasteiger partial charge in [0.05, 0.1) is 9.82 Å². The van der Waals surface area contributed by atoms with Crippen LogP contribution in [0.25, 0.3) is 0 Å². The molecule has 1 rings (SSSR count). The van der Waals surface area contributed by atoms with Crippen LogP contribution in [-0.4, -0.2) is 55.1 Å². The van der Waals surface area contributed by atoms with Crippen LogP contribution in [0.4, 0.5) is 5.69 Å². The highest BCUT2D eigenvalue weighted by atomic mass is 32.2. The molecule has 1 aromatic carbocycles. The molecule has 9 nitrogen and oxygen atoms in total. The van der Waals surface area contributed by atoms with E-state index >= 15 is 0 Å². The van der Waals surface area contributed by atoms with Crippen molar-refractivity contribution in [2.75, 3.05) is 19.8 Å². The number of nitro benzene ring substituents is 1. The number of non-ortho nitro benzene ring substituents is 1. The summed E-state index contributed by atoms with van der Waals surface area (Å²) in [5, 5.41) is 19.4. The number of carbonyl (C=O) groups is 2. The summed E-state index contributed by atoms with van der Waals surface area (Å²) in [4.78, 5) is 32.9. The average Bonchev–Trinajstić information content (AvgIpc) is 2.35. The highest BCUT2D eigenvalue weighted by Gasteiger charge is 2.21. The first-order chi connectivity index (χ1) is 9.52. The summed E-state index contributed by atoms with van der Waals surface area (Å²) in [7, 11) is -2.57. The minimum Gasteiger partial charge on any atom is -0.480 e. The lowest BCUT2D eigenvalue weighted by molar-refractivity contribution is -0.385. The summed E-state index contributed by atoms with van der Waals surface area (Å²) >= 11 is 0. The third kappa shape index (κ3) is 4.24. The molecule has 0 bridgehead atoms. The Morgan fingerprint density at radius 1 is 1.33 bits per heavy atom. The molecular weight excluding hydrogens is 304 g/mol. The van der Waals surface area contributed by atoms with Crippen LogP contribution in [0.15, 0.2) is 23.1 Å². The summed E-state index contributed by atoms with van der Waals surface area (Å²) in [6, 6.07) is 2.71. The zero-order chi connectivity index (χ0) is 16.4. The minimum atomic E-state index is -3.76. The molecule has 0 radical (unpaired) electrons. The predicted octanol–water partition coefficient (Wildman–Crippen LogP) is 0.155. The smallest absolute Gasteiger partial charge is 0.323 e. The fourth-order valence-corrected chi connectivity index (χ4v) is 2.20. The summed E-state index contributed by atoms with van der Waals surface area (Å²) in [5.74, 6) is -2.09. The van der Waals surface area contributed by atoms with Crippen molar-refractivity contribution in [3.8, 4) is 0 Å². The fraction of sp³-hybridized carbons (Fsp3) is 0.273. The van der Waals surface area contributed by atoms with E-state index in [0.29, 0.717) is 0 Å². The van der Waals surface area contributed by atoms with Crippen LogP contribution in [0.5, 0.6) is 0 Å². The van der Waals surface area contributed by atoms with Crippen molar-refractivity contribution in [2.24, 2.45) is 0 Å². The molecule has 1 amide bonds. The highest BCUT2D eigenvalue weighted by molar-refractivity contribution is 7.90. The van der Waals surface area contributed by atoms with Gasteiger partial charge >= 0.3 is 5.97 Å². The fourth-order valence-electron chi connectivity index (χ4n) is 1.52. The topological polar surface area (TPSA) is 135 Å². The number of nitrogens with zero attached hydrogens (tertiary/aromatic N) is 2. The molecule has 0 atom stereocenters. The van der Waals surface area contributed by atoms with Crippen LogP contribution in [0.3, 0.4) is 0 Å². The average molecular weight is 316 g/mol. The van der Waals surface area contributed by atoms with Crippen molar-refractivity contribution in [2.45, 2.75) is 4.90 Å². The first kappa shape index (κ1) is 16.6. The highest BCUT2D eigenvalue weighted by Crippen LogP contribution is 2.21. The van der Waals surface area contributed by atoms with Crippen LogP contribution in [0, 0.1) is 10.1 Å². The number of carbonyl (C=O) groups excluding carboxylic acids is 1. The SMILES string of the molecule is CN(CC(=O)O)C(=O)c1cc([N+](=O)[O-])cc(S(C)(=O)=O)c1. The number of aliphatic carboxylic acids is 1. The van der Waals surface area contributed by atoms with Gasteiger partial charge < -0.3 is 10.0 Å². The molecule has 1 aromatic rings. The number of sulfone groups is 1. The van der Waals surface area contributed by atoms with Crippen molar-refractivity contribution >= 4 is 27.4 Å². The summed E-state index contributed by atoms with van der Waals surface area (Å²) in [6.07, 6.45) is 0.848.